The number of fused-ring (bicyclic) bond motifs is 1. The molecule has 1 aromatic carbocycles. The van der Waals surface area contributed by atoms with Gasteiger partial charge in [0.1, 0.15) is 0 Å². The molecule has 0 bridgehead atoms. The summed E-state index contributed by atoms with van der Waals surface area (Å²) >= 11 is 0. The molecule has 0 aliphatic heterocycles. The minimum absolute atomic E-state index is 0.0837. The van der Waals surface area contributed by atoms with E-state index < -0.39 is 6.10 Å². The van der Waals surface area contributed by atoms with Gasteiger partial charge in [-0.2, -0.15) is 0 Å². The summed E-state index contributed by atoms with van der Waals surface area (Å²) in [6.07, 6.45) is 0.555. The molecule has 0 saturated carbocycles. The molecule has 0 aromatic heterocycles. The Bertz CT molecular complexity index is 498. The molecule has 1 amide bonds. The van der Waals surface area contributed by atoms with E-state index in [2.05, 4.69) is 5.32 Å². The second-order valence-electron chi connectivity index (χ2n) is 4.64. The number of Topliss-reactive ketones (excluding diaryl/α,β-unsaturated/α-hetero) is 1. The van der Waals surface area contributed by atoms with Gasteiger partial charge in [-0.3, -0.25) is 9.59 Å². The van der Waals surface area contributed by atoms with E-state index in [9.17, 15) is 14.7 Å². The maximum absolute atomic E-state index is 12.0. The van der Waals surface area contributed by atoms with Crippen LogP contribution in [-0.2, 0) is 6.42 Å². The molecule has 0 heterocycles. The van der Waals surface area contributed by atoms with E-state index >= 15 is 0 Å². The van der Waals surface area contributed by atoms with Crippen LogP contribution in [0.25, 0.3) is 0 Å². The lowest BCUT2D eigenvalue weighted by Gasteiger charge is -2.10. The van der Waals surface area contributed by atoms with Gasteiger partial charge in [0, 0.05) is 24.1 Å². The monoisotopic (exact) mass is 263 g/mol. The quantitative estimate of drug-likeness (QED) is 0.712. The molecular formula is C14H17NO4. The van der Waals surface area contributed by atoms with Gasteiger partial charge in [0.15, 0.2) is 5.78 Å². The summed E-state index contributed by atoms with van der Waals surface area (Å²) in [6.45, 7) is -0.0245. The zero-order chi connectivity index (χ0) is 13.8. The fraction of sp³-hybridized carbons (Fsp3) is 0.429. The first-order valence-electron chi connectivity index (χ1n) is 6.35. The Labute approximate surface area is 111 Å². The topological polar surface area (TPSA) is 86.6 Å². The third-order valence-corrected chi connectivity index (χ3v) is 3.30. The second-order valence-corrected chi connectivity index (χ2v) is 4.64. The minimum Gasteiger partial charge on any atom is -0.394 e. The van der Waals surface area contributed by atoms with Crippen LogP contribution in [-0.4, -0.2) is 41.2 Å². The van der Waals surface area contributed by atoms with E-state index in [-0.39, 0.29) is 24.8 Å². The Hall–Kier alpha value is -1.72. The average molecular weight is 263 g/mol. The van der Waals surface area contributed by atoms with Crippen LogP contribution in [0.2, 0.25) is 0 Å². The molecule has 3 N–H and O–H groups in total. The van der Waals surface area contributed by atoms with Gasteiger partial charge in [-0.25, -0.2) is 0 Å². The summed E-state index contributed by atoms with van der Waals surface area (Å²) < 4.78 is 0. The van der Waals surface area contributed by atoms with Crippen molar-refractivity contribution >= 4 is 11.7 Å². The van der Waals surface area contributed by atoms with Crippen molar-refractivity contribution in [3.8, 4) is 0 Å². The van der Waals surface area contributed by atoms with Gasteiger partial charge in [-0.05, 0) is 24.5 Å². The van der Waals surface area contributed by atoms with Crippen LogP contribution in [0.1, 0.15) is 39.1 Å². The molecule has 19 heavy (non-hydrogen) atoms. The smallest absolute Gasteiger partial charge is 0.251 e. The van der Waals surface area contributed by atoms with E-state index in [0.717, 1.165) is 5.56 Å². The van der Waals surface area contributed by atoms with Gasteiger partial charge < -0.3 is 15.5 Å². The lowest BCUT2D eigenvalue weighted by Crippen LogP contribution is -2.28. The van der Waals surface area contributed by atoms with E-state index in [4.69, 9.17) is 5.11 Å². The molecule has 0 saturated heterocycles. The maximum Gasteiger partial charge on any atom is 0.251 e. The van der Waals surface area contributed by atoms with Crippen LogP contribution >= 0.6 is 0 Å². The molecular weight excluding hydrogens is 246 g/mol. The largest absolute Gasteiger partial charge is 0.394 e. The number of rotatable bonds is 5. The van der Waals surface area contributed by atoms with Crippen LogP contribution in [0, 0.1) is 0 Å². The second kappa shape index (κ2) is 5.95. The first-order valence-corrected chi connectivity index (χ1v) is 6.35. The molecule has 1 aliphatic rings. The fourth-order valence-corrected chi connectivity index (χ4v) is 2.24. The van der Waals surface area contributed by atoms with Crippen LogP contribution in [0.3, 0.4) is 0 Å². The number of aliphatic hydroxyl groups excluding tert-OH is 2. The highest BCUT2D eigenvalue weighted by atomic mass is 16.3. The molecule has 0 unspecified atom stereocenters. The molecule has 1 atom stereocenters. The highest BCUT2D eigenvalue weighted by Gasteiger charge is 2.24. The number of amides is 1. The van der Waals surface area contributed by atoms with Crippen molar-refractivity contribution in [1.82, 2.24) is 5.32 Å². The van der Waals surface area contributed by atoms with Gasteiger partial charge in [-0.1, -0.05) is 12.1 Å². The normalized spacial score (nSPS) is 15.2. The fourth-order valence-electron chi connectivity index (χ4n) is 2.24. The van der Waals surface area contributed by atoms with Gasteiger partial charge in [0.2, 0.25) is 0 Å². The van der Waals surface area contributed by atoms with Crippen molar-refractivity contribution in [3.05, 3.63) is 34.9 Å². The minimum atomic E-state index is -0.816. The molecule has 0 spiro atoms. The standard InChI is InChI=1S/C14H17NO4/c16-8-9(17)6-7-15-14(19)12-3-1-2-11-10(12)4-5-13(11)18/h1-3,9,16-17H,4-8H2,(H,15,19)/t9-/m1/s1. The summed E-state index contributed by atoms with van der Waals surface area (Å²) in [5.74, 6) is -0.156. The number of carbonyl (C=O) groups excluding carboxylic acids is 2. The molecule has 5 heteroatoms. The summed E-state index contributed by atoms with van der Waals surface area (Å²) in [5, 5.41) is 20.5. The van der Waals surface area contributed by atoms with Crippen molar-refractivity contribution in [2.75, 3.05) is 13.2 Å². The van der Waals surface area contributed by atoms with E-state index in [0.29, 0.717) is 30.4 Å². The summed E-state index contributed by atoms with van der Waals surface area (Å²) in [7, 11) is 0. The van der Waals surface area contributed by atoms with Crippen LogP contribution in [0.5, 0.6) is 0 Å². The zero-order valence-electron chi connectivity index (χ0n) is 10.6. The Morgan fingerprint density at radius 1 is 1.37 bits per heavy atom. The SMILES string of the molecule is O=C1CCc2c1cccc2C(=O)NCC[C@@H](O)CO. The third-order valence-electron chi connectivity index (χ3n) is 3.30. The van der Waals surface area contributed by atoms with Gasteiger partial charge in [0.25, 0.3) is 5.91 Å². The number of benzene rings is 1. The molecule has 0 fully saturated rings. The van der Waals surface area contributed by atoms with Crippen LogP contribution < -0.4 is 5.32 Å². The van der Waals surface area contributed by atoms with Crippen LogP contribution in [0.15, 0.2) is 18.2 Å². The van der Waals surface area contributed by atoms with Gasteiger partial charge >= 0.3 is 0 Å². The van der Waals surface area contributed by atoms with Crippen molar-refractivity contribution in [2.24, 2.45) is 0 Å². The molecule has 0 radical (unpaired) electrons. The lowest BCUT2D eigenvalue weighted by molar-refractivity contribution is 0.0833. The molecule has 102 valence electrons. The first kappa shape index (κ1) is 13.7. The van der Waals surface area contributed by atoms with Gasteiger partial charge in [-0.15, -0.1) is 0 Å². The number of carbonyl (C=O) groups is 2. The van der Waals surface area contributed by atoms with Crippen LogP contribution in [0.4, 0.5) is 0 Å². The predicted octanol–water partition coefficient (Wildman–Crippen LogP) is 0.289. The number of hydrogen-bond donors (Lipinski definition) is 3. The summed E-state index contributed by atoms with van der Waals surface area (Å²) in [5.41, 5.74) is 1.98. The molecule has 1 aliphatic carbocycles. The summed E-state index contributed by atoms with van der Waals surface area (Å²) in [6, 6.07) is 5.16. The van der Waals surface area contributed by atoms with Gasteiger partial charge in [0.05, 0.1) is 12.7 Å². The number of aliphatic hydroxyl groups is 2. The molecule has 5 nitrogen and oxygen atoms in total. The zero-order valence-corrected chi connectivity index (χ0v) is 10.6. The maximum atomic E-state index is 12.0. The Morgan fingerprint density at radius 3 is 2.89 bits per heavy atom. The Morgan fingerprint density at radius 2 is 2.16 bits per heavy atom. The first-order chi connectivity index (χ1) is 9.13. The lowest BCUT2D eigenvalue weighted by atomic mass is 10.0. The average Bonchev–Trinajstić information content (AvgIpc) is 2.80. The van der Waals surface area contributed by atoms with Crippen molar-refractivity contribution in [3.63, 3.8) is 0 Å². The third kappa shape index (κ3) is 3.00. The molecule has 1 aromatic rings. The van der Waals surface area contributed by atoms with E-state index in [1.54, 1.807) is 18.2 Å². The van der Waals surface area contributed by atoms with E-state index in [1.807, 2.05) is 0 Å². The van der Waals surface area contributed by atoms with Crippen molar-refractivity contribution in [1.29, 1.82) is 0 Å². The van der Waals surface area contributed by atoms with E-state index in [1.165, 1.54) is 0 Å². The number of ketones is 1. The van der Waals surface area contributed by atoms with Crippen molar-refractivity contribution < 1.29 is 19.8 Å². The predicted molar refractivity (Wildman–Crippen MR) is 69.1 cm³/mol. The Balaban J connectivity index is 2.03. The Kier molecular flexibility index (Phi) is 4.29. The number of nitrogens with one attached hydrogen (secondary N) is 1. The highest BCUT2D eigenvalue weighted by molar-refractivity contribution is 6.05. The highest BCUT2D eigenvalue weighted by Crippen LogP contribution is 2.25. The van der Waals surface area contributed by atoms with Crippen molar-refractivity contribution in [2.45, 2.75) is 25.4 Å². The summed E-state index contributed by atoms with van der Waals surface area (Å²) in [4.78, 5) is 23.6. The molecule has 2 rings (SSSR count). The number of hydrogen-bond acceptors (Lipinski definition) is 4.